The van der Waals surface area contributed by atoms with Gasteiger partial charge in [0.05, 0.1) is 6.54 Å². The van der Waals surface area contributed by atoms with Gasteiger partial charge < -0.3 is 10.2 Å². The van der Waals surface area contributed by atoms with Crippen LogP contribution in [0.25, 0.3) is 0 Å². The third-order valence-electron chi connectivity index (χ3n) is 5.17. The molecule has 1 amide bonds. The number of hydrogen-bond acceptors (Lipinski definition) is 2. The fraction of sp³-hybridized carbons (Fsp3) is 0.421. The number of rotatable bonds is 4. The van der Waals surface area contributed by atoms with Gasteiger partial charge >= 0.3 is 0 Å². The molecule has 2 heterocycles. The molecule has 0 spiro atoms. The van der Waals surface area contributed by atoms with Crippen LogP contribution in [0.3, 0.4) is 0 Å². The van der Waals surface area contributed by atoms with Crippen LogP contribution in [0.1, 0.15) is 34.9 Å². The Morgan fingerprint density at radius 2 is 2.21 bits per heavy atom. The zero-order chi connectivity index (χ0) is 16.7. The number of aryl methyl sites for hydroxylation is 1. The predicted octanol–water partition coefficient (Wildman–Crippen LogP) is 3.24. The molecular formula is C19H22ClN2OS+. The van der Waals surface area contributed by atoms with E-state index in [2.05, 4.69) is 16.8 Å². The molecule has 2 aromatic rings. The maximum atomic E-state index is 12.6. The quantitative estimate of drug-likeness (QED) is 0.861. The van der Waals surface area contributed by atoms with Crippen LogP contribution in [0.4, 0.5) is 5.69 Å². The second kappa shape index (κ2) is 6.51. The number of thiophene rings is 1. The molecule has 2 N–H and O–H groups in total. The Morgan fingerprint density at radius 3 is 2.96 bits per heavy atom. The average Bonchev–Trinajstić information content (AvgIpc) is 3.26. The second-order valence-electron chi connectivity index (χ2n) is 6.96. The van der Waals surface area contributed by atoms with Crippen LogP contribution in [0, 0.1) is 12.8 Å². The normalized spacial score (nSPS) is 22.9. The van der Waals surface area contributed by atoms with E-state index in [4.69, 9.17) is 11.6 Å². The van der Waals surface area contributed by atoms with Crippen molar-refractivity contribution in [3.63, 3.8) is 0 Å². The van der Waals surface area contributed by atoms with Crippen LogP contribution in [-0.2, 0) is 11.2 Å². The first-order valence-electron chi connectivity index (χ1n) is 8.58. The maximum Gasteiger partial charge on any atom is 0.279 e. The molecule has 1 aromatic heterocycles. The lowest BCUT2D eigenvalue weighted by atomic mass is 9.96. The van der Waals surface area contributed by atoms with Crippen molar-refractivity contribution in [3.05, 3.63) is 50.7 Å². The Balaban J connectivity index is 1.47. The van der Waals surface area contributed by atoms with Crippen molar-refractivity contribution in [2.75, 3.05) is 18.4 Å². The highest BCUT2D eigenvalue weighted by atomic mass is 35.5. The number of hydrogen-bond donors (Lipinski definition) is 2. The molecule has 0 radical (unpaired) electrons. The van der Waals surface area contributed by atoms with Crippen LogP contribution in [0.2, 0.25) is 5.02 Å². The summed E-state index contributed by atoms with van der Waals surface area (Å²) in [5, 5.41) is 5.98. The highest BCUT2D eigenvalue weighted by Gasteiger charge is 2.43. The summed E-state index contributed by atoms with van der Waals surface area (Å²) < 4.78 is 0. The number of benzene rings is 1. The minimum Gasteiger partial charge on any atom is -0.321 e. The summed E-state index contributed by atoms with van der Waals surface area (Å²) in [4.78, 5) is 15.5. The average molecular weight is 362 g/mol. The van der Waals surface area contributed by atoms with Crippen molar-refractivity contribution in [3.8, 4) is 0 Å². The second-order valence-corrected chi connectivity index (χ2v) is 8.39. The monoisotopic (exact) mass is 361 g/mol. The van der Waals surface area contributed by atoms with Crippen molar-refractivity contribution in [1.82, 2.24) is 0 Å². The smallest absolute Gasteiger partial charge is 0.279 e. The number of halogens is 1. The Morgan fingerprint density at radius 1 is 1.38 bits per heavy atom. The first kappa shape index (κ1) is 16.1. The predicted molar refractivity (Wildman–Crippen MR) is 99.0 cm³/mol. The fourth-order valence-electron chi connectivity index (χ4n) is 3.86. The minimum atomic E-state index is 0.0970. The number of quaternary nitrogens is 1. The molecule has 5 heteroatoms. The van der Waals surface area contributed by atoms with Gasteiger partial charge in [0.1, 0.15) is 6.04 Å². The molecule has 2 aliphatic rings. The van der Waals surface area contributed by atoms with Gasteiger partial charge in [0.15, 0.2) is 6.54 Å². The molecular weight excluding hydrogens is 340 g/mol. The van der Waals surface area contributed by atoms with Gasteiger partial charge in [-0.15, -0.1) is 11.3 Å². The van der Waals surface area contributed by atoms with E-state index in [-0.39, 0.29) is 5.91 Å². The summed E-state index contributed by atoms with van der Waals surface area (Å²) in [6.07, 6.45) is 3.71. The molecule has 1 aliphatic heterocycles. The van der Waals surface area contributed by atoms with Crippen molar-refractivity contribution in [2.24, 2.45) is 5.92 Å². The van der Waals surface area contributed by atoms with Gasteiger partial charge in [-0.1, -0.05) is 11.6 Å². The number of carbonyl (C=O) groups excluding carboxylic acids is 1. The Hall–Kier alpha value is -1.36. The Bertz CT molecular complexity index is 768. The van der Waals surface area contributed by atoms with Crippen molar-refractivity contribution in [2.45, 2.75) is 32.2 Å². The van der Waals surface area contributed by atoms with Gasteiger partial charge in [-0.3, -0.25) is 4.79 Å². The standard InChI is InChI=1S/C19H21ClN2OS/c1-12-10-14(20)4-5-16(12)21-18(23)11-22-8-6-17-15(7-9-24-17)19(22)13-2-3-13/h4-5,7,9-10,13,19H,2-3,6,8,11H2,1H3,(H,21,23)/p+1/t19-/m1/s1. The van der Waals surface area contributed by atoms with Gasteiger partial charge in [-0.2, -0.15) is 0 Å². The summed E-state index contributed by atoms with van der Waals surface area (Å²) in [5.74, 6) is 0.860. The van der Waals surface area contributed by atoms with E-state index < -0.39 is 0 Å². The van der Waals surface area contributed by atoms with Crippen molar-refractivity contribution in [1.29, 1.82) is 0 Å². The number of carbonyl (C=O) groups is 1. The fourth-order valence-corrected chi connectivity index (χ4v) is 5.02. The van der Waals surface area contributed by atoms with E-state index in [1.54, 1.807) is 0 Å². The largest absolute Gasteiger partial charge is 0.321 e. The number of nitrogens with one attached hydrogen (secondary N) is 2. The molecule has 1 unspecified atom stereocenters. The molecule has 1 aromatic carbocycles. The molecule has 126 valence electrons. The van der Waals surface area contributed by atoms with E-state index >= 15 is 0 Å². The van der Waals surface area contributed by atoms with Crippen LogP contribution >= 0.6 is 22.9 Å². The molecule has 1 saturated carbocycles. The van der Waals surface area contributed by atoms with Gasteiger partial charge in [0.2, 0.25) is 0 Å². The van der Waals surface area contributed by atoms with E-state index in [0.29, 0.717) is 17.6 Å². The summed E-state index contributed by atoms with van der Waals surface area (Å²) in [6.45, 7) is 3.57. The molecule has 1 aliphatic carbocycles. The molecule has 3 nitrogen and oxygen atoms in total. The Kier molecular flexibility index (Phi) is 4.37. The lowest BCUT2D eigenvalue weighted by molar-refractivity contribution is -0.928. The SMILES string of the molecule is Cc1cc(Cl)ccc1NC(=O)C[NH+]1CCc2sccc2[C@H]1C1CC1. The molecule has 2 atom stereocenters. The lowest BCUT2D eigenvalue weighted by Crippen LogP contribution is -3.14. The molecule has 0 saturated heterocycles. The van der Waals surface area contributed by atoms with E-state index in [1.807, 2.05) is 36.5 Å². The first-order chi connectivity index (χ1) is 11.6. The highest BCUT2D eigenvalue weighted by molar-refractivity contribution is 7.10. The Labute approximate surface area is 151 Å². The van der Waals surface area contributed by atoms with Gasteiger partial charge in [0.25, 0.3) is 5.91 Å². The lowest BCUT2D eigenvalue weighted by Gasteiger charge is -2.32. The third-order valence-corrected chi connectivity index (χ3v) is 6.40. The van der Waals surface area contributed by atoms with Crippen molar-refractivity contribution >= 4 is 34.5 Å². The summed E-state index contributed by atoms with van der Waals surface area (Å²) in [7, 11) is 0. The van der Waals surface area contributed by atoms with Gasteiger partial charge in [-0.05, 0) is 55.0 Å². The summed E-state index contributed by atoms with van der Waals surface area (Å²) >= 11 is 7.87. The van der Waals surface area contributed by atoms with E-state index in [9.17, 15) is 4.79 Å². The first-order valence-corrected chi connectivity index (χ1v) is 9.84. The zero-order valence-corrected chi connectivity index (χ0v) is 15.3. The molecule has 24 heavy (non-hydrogen) atoms. The van der Waals surface area contributed by atoms with Gasteiger partial charge in [0, 0.05) is 33.5 Å². The van der Waals surface area contributed by atoms with Crippen LogP contribution in [-0.4, -0.2) is 19.0 Å². The maximum absolute atomic E-state index is 12.6. The number of fused-ring (bicyclic) bond motifs is 1. The van der Waals surface area contributed by atoms with Gasteiger partial charge in [-0.25, -0.2) is 0 Å². The molecule has 1 fully saturated rings. The highest BCUT2D eigenvalue weighted by Crippen LogP contribution is 2.42. The number of anilines is 1. The summed E-state index contributed by atoms with van der Waals surface area (Å²) in [5.41, 5.74) is 3.36. The number of amides is 1. The van der Waals surface area contributed by atoms with Crippen LogP contribution in [0.15, 0.2) is 29.6 Å². The van der Waals surface area contributed by atoms with Crippen molar-refractivity contribution < 1.29 is 9.69 Å². The summed E-state index contributed by atoms with van der Waals surface area (Å²) in [6, 6.07) is 8.38. The van der Waals surface area contributed by atoms with E-state index in [0.717, 1.165) is 30.1 Å². The minimum absolute atomic E-state index is 0.0970. The molecule has 0 bridgehead atoms. The topological polar surface area (TPSA) is 33.5 Å². The van der Waals surface area contributed by atoms with E-state index in [1.165, 1.54) is 28.2 Å². The van der Waals surface area contributed by atoms with Crippen LogP contribution in [0.5, 0.6) is 0 Å². The zero-order valence-electron chi connectivity index (χ0n) is 13.8. The molecule has 4 rings (SSSR count). The van der Waals surface area contributed by atoms with Crippen LogP contribution < -0.4 is 10.2 Å². The third kappa shape index (κ3) is 3.23.